The lowest BCUT2D eigenvalue weighted by Gasteiger charge is -2.34. The number of hydrazone groups is 1. The maximum Gasteiger partial charge on any atom is 0.276 e. The van der Waals surface area contributed by atoms with Crippen LogP contribution in [0.1, 0.15) is 30.6 Å². The lowest BCUT2D eigenvalue weighted by molar-refractivity contribution is -0.116. The standard InChI is InChI=1S/C27H26N4O3S/c1-3-15-35-27-29-26(32)24-20-11-7-8-12-21(20)28-25(31(24)30-27)19-13-14-22(23(16-19)33-2)34-17-18-9-5-4-6-10-18/h4-14,16,25H,3,15,17H2,1-2H3,(H,29,30,32)/t25-/m1/s1. The molecule has 0 saturated carbocycles. The van der Waals surface area contributed by atoms with Crippen LogP contribution in [0.2, 0.25) is 0 Å². The van der Waals surface area contributed by atoms with Crippen LogP contribution in [-0.4, -0.2) is 28.9 Å². The van der Waals surface area contributed by atoms with E-state index in [0.29, 0.717) is 29.0 Å². The van der Waals surface area contributed by atoms with Gasteiger partial charge in [0.1, 0.15) is 12.3 Å². The van der Waals surface area contributed by atoms with Gasteiger partial charge in [0, 0.05) is 16.5 Å². The Kier molecular flexibility index (Phi) is 6.72. The zero-order valence-corrected chi connectivity index (χ0v) is 20.4. The Hall–Kier alpha value is -3.78. The number of ether oxygens (including phenoxy) is 2. The molecule has 3 aromatic rings. The van der Waals surface area contributed by atoms with Gasteiger partial charge in [-0.1, -0.05) is 73.3 Å². The van der Waals surface area contributed by atoms with Gasteiger partial charge in [-0.2, -0.15) is 0 Å². The molecular weight excluding hydrogens is 460 g/mol. The van der Waals surface area contributed by atoms with Gasteiger partial charge in [0.25, 0.3) is 5.91 Å². The summed E-state index contributed by atoms with van der Waals surface area (Å²) in [6, 6.07) is 23.4. The van der Waals surface area contributed by atoms with Crippen LogP contribution >= 0.6 is 11.8 Å². The molecule has 0 radical (unpaired) electrons. The van der Waals surface area contributed by atoms with Crippen LogP contribution in [0.25, 0.3) is 5.70 Å². The molecule has 0 fully saturated rings. The number of rotatable bonds is 7. The van der Waals surface area contributed by atoms with E-state index >= 15 is 0 Å². The highest BCUT2D eigenvalue weighted by Gasteiger charge is 2.34. The highest BCUT2D eigenvalue weighted by Crippen LogP contribution is 2.36. The van der Waals surface area contributed by atoms with Crippen molar-refractivity contribution in [3.05, 3.63) is 94.5 Å². The van der Waals surface area contributed by atoms with Crippen molar-refractivity contribution in [3.8, 4) is 11.5 Å². The summed E-state index contributed by atoms with van der Waals surface area (Å²) in [5.74, 6) is 1.92. The average molecular weight is 487 g/mol. The van der Waals surface area contributed by atoms with Gasteiger partial charge in [-0.15, -0.1) is 5.10 Å². The van der Waals surface area contributed by atoms with Gasteiger partial charge in [-0.3, -0.25) is 15.1 Å². The van der Waals surface area contributed by atoms with Crippen molar-refractivity contribution in [1.82, 2.24) is 10.3 Å². The number of nitrogens with one attached hydrogen (secondary N) is 1. The molecular formula is C27H26N4O3S. The van der Waals surface area contributed by atoms with Crippen LogP contribution in [0.15, 0.2) is 82.9 Å². The molecule has 178 valence electrons. The number of benzene rings is 3. The average Bonchev–Trinajstić information content (AvgIpc) is 2.90. The quantitative estimate of drug-likeness (QED) is 0.553. The number of para-hydroxylation sites is 1. The molecule has 1 N–H and O–H groups in total. The summed E-state index contributed by atoms with van der Waals surface area (Å²) < 4.78 is 11.7. The molecule has 0 bridgehead atoms. The van der Waals surface area contributed by atoms with Crippen molar-refractivity contribution in [2.75, 3.05) is 12.9 Å². The summed E-state index contributed by atoms with van der Waals surface area (Å²) in [7, 11) is 1.62. The molecule has 7 nitrogen and oxygen atoms in total. The van der Waals surface area contributed by atoms with E-state index in [2.05, 4.69) is 12.2 Å². The van der Waals surface area contributed by atoms with Crippen molar-refractivity contribution in [2.24, 2.45) is 10.1 Å². The molecule has 8 heteroatoms. The van der Waals surface area contributed by atoms with Crippen molar-refractivity contribution in [3.63, 3.8) is 0 Å². The Morgan fingerprint density at radius 3 is 2.63 bits per heavy atom. The van der Waals surface area contributed by atoms with Crippen molar-refractivity contribution in [2.45, 2.75) is 26.1 Å². The predicted molar refractivity (Wildman–Crippen MR) is 137 cm³/mol. The number of nitrogens with zero attached hydrogens (tertiary/aromatic N) is 3. The summed E-state index contributed by atoms with van der Waals surface area (Å²) in [4.78, 5) is 18.1. The fourth-order valence-electron chi connectivity index (χ4n) is 4.01. The number of carbonyl (C=O) groups is 1. The molecule has 2 heterocycles. The summed E-state index contributed by atoms with van der Waals surface area (Å²) in [6.45, 7) is 2.53. The molecule has 0 unspecified atom stereocenters. The molecule has 35 heavy (non-hydrogen) atoms. The Morgan fingerprint density at radius 2 is 1.83 bits per heavy atom. The Labute approximate surface area is 208 Å². The molecule has 0 spiro atoms. The summed E-state index contributed by atoms with van der Waals surface area (Å²) in [5, 5.41) is 11.5. The first kappa shape index (κ1) is 23.0. The van der Waals surface area contributed by atoms with Crippen LogP contribution in [0.4, 0.5) is 0 Å². The van der Waals surface area contributed by atoms with E-state index in [4.69, 9.17) is 19.6 Å². The molecule has 0 saturated heterocycles. The SMILES string of the molecule is CCCSC1=NN2C(=c3ccccc3=N[C@H]2c2ccc(OCc3ccccc3)c(OC)c2)C(=O)N1. The zero-order chi connectivity index (χ0) is 24.2. The number of carbonyl (C=O) groups excluding carboxylic acids is 1. The molecule has 0 aromatic heterocycles. The molecule has 0 aliphatic carbocycles. The molecule has 2 aliphatic rings. The Balaban J connectivity index is 1.52. The number of thioether (sulfide) groups is 1. The number of amidine groups is 1. The molecule has 1 amide bonds. The van der Waals surface area contributed by atoms with Crippen LogP contribution in [0.3, 0.4) is 0 Å². The van der Waals surface area contributed by atoms with Crippen LogP contribution in [0.5, 0.6) is 11.5 Å². The lowest BCUT2D eigenvalue weighted by atomic mass is 10.1. The number of amides is 1. The van der Waals surface area contributed by atoms with Crippen molar-refractivity contribution >= 4 is 28.5 Å². The van der Waals surface area contributed by atoms with E-state index in [1.54, 1.807) is 12.1 Å². The second-order valence-electron chi connectivity index (χ2n) is 8.11. The Morgan fingerprint density at radius 1 is 1.03 bits per heavy atom. The highest BCUT2D eigenvalue weighted by molar-refractivity contribution is 8.13. The second kappa shape index (κ2) is 10.2. The van der Waals surface area contributed by atoms with E-state index in [9.17, 15) is 4.79 Å². The van der Waals surface area contributed by atoms with E-state index in [1.165, 1.54) is 11.8 Å². The van der Waals surface area contributed by atoms with Gasteiger partial charge in [0.15, 0.2) is 22.8 Å². The van der Waals surface area contributed by atoms with Gasteiger partial charge < -0.3 is 9.47 Å². The van der Waals surface area contributed by atoms with Crippen LogP contribution in [-0.2, 0) is 11.4 Å². The minimum Gasteiger partial charge on any atom is -0.493 e. The van der Waals surface area contributed by atoms with Gasteiger partial charge in [-0.05, 0) is 30.2 Å². The fourth-order valence-corrected chi connectivity index (χ4v) is 4.72. The summed E-state index contributed by atoms with van der Waals surface area (Å²) in [5.41, 5.74) is 2.41. The first-order valence-electron chi connectivity index (χ1n) is 11.5. The van der Waals surface area contributed by atoms with Crippen molar-refractivity contribution in [1.29, 1.82) is 0 Å². The van der Waals surface area contributed by atoms with E-state index < -0.39 is 6.17 Å². The highest BCUT2D eigenvalue weighted by atomic mass is 32.2. The third kappa shape index (κ3) is 4.74. The normalized spacial score (nSPS) is 16.5. The second-order valence-corrected chi connectivity index (χ2v) is 9.19. The zero-order valence-electron chi connectivity index (χ0n) is 19.6. The third-order valence-corrected chi connectivity index (χ3v) is 6.75. The smallest absolute Gasteiger partial charge is 0.276 e. The number of hydrogen-bond acceptors (Lipinski definition) is 7. The molecule has 2 aliphatic heterocycles. The summed E-state index contributed by atoms with van der Waals surface area (Å²) >= 11 is 1.53. The van der Waals surface area contributed by atoms with Crippen LogP contribution < -0.4 is 25.4 Å². The first-order chi connectivity index (χ1) is 17.2. The summed E-state index contributed by atoms with van der Waals surface area (Å²) in [6.07, 6.45) is 0.467. The fraction of sp³-hybridized carbons (Fsp3) is 0.222. The predicted octanol–water partition coefficient (Wildman–Crippen LogP) is 3.56. The van der Waals surface area contributed by atoms with Crippen molar-refractivity contribution < 1.29 is 14.3 Å². The van der Waals surface area contributed by atoms with Crippen LogP contribution in [0, 0.1) is 0 Å². The topological polar surface area (TPSA) is 75.5 Å². The minimum absolute atomic E-state index is 0.180. The van der Waals surface area contributed by atoms with E-state index in [-0.39, 0.29) is 5.91 Å². The van der Waals surface area contributed by atoms with Gasteiger partial charge in [-0.25, -0.2) is 5.01 Å². The Bertz CT molecular complexity index is 1390. The van der Waals surface area contributed by atoms with E-state index in [1.807, 2.05) is 72.8 Å². The monoisotopic (exact) mass is 486 g/mol. The maximum absolute atomic E-state index is 13.2. The first-order valence-corrected chi connectivity index (χ1v) is 12.5. The number of fused-ring (bicyclic) bond motifs is 2. The third-order valence-electron chi connectivity index (χ3n) is 5.68. The molecule has 1 atom stereocenters. The number of methoxy groups -OCH3 is 1. The lowest BCUT2D eigenvalue weighted by Crippen LogP contribution is -2.50. The van der Waals surface area contributed by atoms with Gasteiger partial charge >= 0.3 is 0 Å². The largest absolute Gasteiger partial charge is 0.493 e. The van der Waals surface area contributed by atoms with Gasteiger partial charge in [0.05, 0.1) is 12.5 Å². The number of hydrogen-bond donors (Lipinski definition) is 1. The molecule has 3 aromatic carbocycles. The maximum atomic E-state index is 13.2. The van der Waals surface area contributed by atoms with Gasteiger partial charge in [0.2, 0.25) is 0 Å². The minimum atomic E-state index is -0.514. The van der Waals surface area contributed by atoms with E-state index in [0.717, 1.165) is 33.9 Å². The molecule has 5 rings (SSSR count).